The Kier molecular flexibility index (Phi) is 4.51. The first kappa shape index (κ1) is 12.5. The van der Waals surface area contributed by atoms with Crippen LogP contribution in [0.25, 0.3) is 0 Å². The summed E-state index contributed by atoms with van der Waals surface area (Å²) in [4.78, 5) is 6.65. The summed E-state index contributed by atoms with van der Waals surface area (Å²) in [6, 6.07) is 4.75. The molecule has 3 nitrogen and oxygen atoms in total. The second kappa shape index (κ2) is 6.12. The number of piperidine rings is 1. The van der Waals surface area contributed by atoms with E-state index in [9.17, 15) is 0 Å². The van der Waals surface area contributed by atoms with E-state index in [0.29, 0.717) is 6.04 Å². The van der Waals surface area contributed by atoms with Gasteiger partial charge in [0.15, 0.2) is 0 Å². The zero-order chi connectivity index (χ0) is 12.1. The molecule has 0 radical (unpaired) electrons. The minimum atomic E-state index is 0.511. The zero-order valence-electron chi connectivity index (χ0n) is 10.7. The molecule has 1 aliphatic rings. The maximum Gasteiger partial charge on any atom is 0.0320 e. The quantitative estimate of drug-likeness (QED) is 0.867. The van der Waals surface area contributed by atoms with Gasteiger partial charge in [0.1, 0.15) is 0 Å². The molecule has 2 heterocycles. The first-order valence-electron chi connectivity index (χ1n) is 6.65. The van der Waals surface area contributed by atoms with Crippen molar-refractivity contribution in [2.45, 2.75) is 32.2 Å². The normalized spacial score (nSPS) is 20.4. The number of likely N-dealkylation sites (tertiary alicyclic amines) is 1. The third-order valence-corrected chi connectivity index (χ3v) is 3.96. The molecule has 1 aromatic heterocycles. The molecule has 0 aromatic carbocycles. The smallest absolute Gasteiger partial charge is 0.0320 e. The van der Waals surface area contributed by atoms with Gasteiger partial charge in [-0.3, -0.25) is 9.88 Å². The number of hydrogen-bond donors (Lipinski definition) is 1. The molecule has 17 heavy (non-hydrogen) atoms. The summed E-state index contributed by atoms with van der Waals surface area (Å²) in [5, 5.41) is 0. The Labute approximate surface area is 104 Å². The van der Waals surface area contributed by atoms with Crippen LogP contribution in [0.5, 0.6) is 0 Å². The van der Waals surface area contributed by atoms with Gasteiger partial charge in [0, 0.05) is 18.4 Å². The van der Waals surface area contributed by atoms with Crippen molar-refractivity contribution >= 4 is 0 Å². The van der Waals surface area contributed by atoms with Gasteiger partial charge in [-0.15, -0.1) is 0 Å². The molecule has 0 spiro atoms. The fourth-order valence-electron chi connectivity index (χ4n) is 2.72. The van der Waals surface area contributed by atoms with E-state index >= 15 is 0 Å². The summed E-state index contributed by atoms with van der Waals surface area (Å²) in [5.74, 6) is 0.848. The Balaban J connectivity index is 1.88. The van der Waals surface area contributed by atoms with E-state index < -0.39 is 0 Å². The van der Waals surface area contributed by atoms with Gasteiger partial charge in [-0.05, 0) is 69.4 Å². The lowest BCUT2D eigenvalue weighted by Gasteiger charge is -2.36. The molecule has 1 unspecified atom stereocenters. The van der Waals surface area contributed by atoms with Crippen LogP contribution in [-0.4, -0.2) is 29.5 Å². The second-order valence-corrected chi connectivity index (χ2v) is 5.01. The lowest BCUT2D eigenvalue weighted by atomic mass is 9.92. The fourth-order valence-corrected chi connectivity index (χ4v) is 2.72. The van der Waals surface area contributed by atoms with E-state index in [1.165, 1.54) is 37.9 Å². The van der Waals surface area contributed by atoms with Crippen LogP contribution in [0.15, 0.2) is 24.5 Å². The number of nitrogens with zero attached hydrogens (tertiary/aromatic N) is 2. The van der Waals surface area contributed by atoms with Crippen molar-refractivity contribution < 1.29 is 0 Å². The van der Waals surface area contributed by atoms with Crippen LogP contribution in [0.1, 0.15) is 37.8 Å². The third-order valence-electron chi connectivity index (χ3n) is 3.96. The van der Waals surface area contributed by atoms with Gasteiger partial charge in [0.2, 0.25) is 0 Å². The topological polar surface area (TPSA) is 42.2 Å². The van der Waals surface area contributed by atoms with Crippen molar-refractivity contribution in [1.29, 1.82) is 0 Å². The van der Waals surface area contributed by atoms with Crippen molar-refractivity contribution in [2.75, 3.05) is 19.6 Å². The molecule has 0 amide bonds. The third kappa shape index (κ3) is 3.27. The summed E-state index contributed by atoms with van der Waals surface area (Å²) in [6.45, 7) is 5.53. The van der Waals surface area contributed by atoms with Gasteiger partial charge in [0.25, 0.3) is 0 Å². The van der Waals surface area contributed by atoms with Crippen LogP contribution in [0.2, 0.25) is 0 Å². The first-order valence-corrected chi connectivity index (χ1v) is 6.65. The largest absolute Gasteiger partial charge is 0.330 e. The number of rotatable bonds is 4. The first-order chi connectivity index (χ1) is 8.31. The fraction of sp³-hybridized carbons (Fsp3) is 0.643. The van der Waals surface area contributed by atoms with Crippen LogP contribution >= 0.6 is 0 Å². The predicted molar refractivity (Wildman–Crippen MR) is 70.6 cm³/mol. The Morgan fingerprint density at radius 3 is 2.59 bits per heavy atom. The highest BCUT2D eigenvalue weighted by Gasteiger charge is 2.22. The number of pyridine rings is 1. The zero-order valence-corrected chi connectivity index (χ0v) is 10.7. The highest BCUT2D eigenvalue weighted by atomic mass is 15.2. The molecule has 0 saturated carbocycles. The maximum absolute atomic E-state index is 5.62. The Morgan fingerprint density at radius 1 is 1.35 bits per heavy atom. The molecular weight excluding hydrogens is 210 g/mol. The number of aromatic nitrogens is 1. The highest BCUT2D eigenvalue weighted by Crippen LogP contribution is 2.27. The Morgan fingerprint density at radius 2 is 2.00 bits per heavy atom. The van der Waals surface area contributed by atoms with Crippen LogP contribution < -0.4 is 5.73 Å². The van der Waals surface area contributed by atoms with E-state index in [1.54, 1.807) is 0 Å². The molecule has 1 saturated heterocycles. The molecule has 94 valence electrons. The summed E-state index contributed by atoms with van der Waals surface area (Å²) in [7, 11) is 0. The molecule has 2 N–H and O–H groups in total. The molecule has 1 aliphatic heterocycles. The van der Waals surface area contributed by atoms with Gasteiger partial charge in [-0.2, -0.15) is 0 Å². The van der Waals surface area contributed by atoms with Gasteiger partial charge >= 0.3 is 0 Å². The van der Waals surface area contributed by atoms with Crippen molar-refractivity contribution in [3.05, 3.63) is 30.1 Å². The van der Waals surface area contributed by atoms with Crippen molar-refractivity contribution in [1.82, 2.24) is 9.88 Å². The lowest BCUT2D eigenvalue weighted by Crippen LogP contribution is -2.36. The minimum absolute atomic E-state index is 0.511. The van der Waals surface area contributed by atoms with Gasteiger partial charge in [-0.1, -0.05) is 0 Å². The highest BCUT2D eigenvalue weighted by molar-refractivity contribution is 5.14. The molecule has 3 heteroatoms. The standard InChI is InChI=1S/C14H23N3/c1-12(14-3-8-16-9-4-14)17-10-5-13(2-7-15)6-11-17/h3-4,8-9,12-13H,2,5-7,10-11,15H2,1H3. The second-order valence-electron chi connectivity index (χ2n) is 5.01. The molecule has 1 fully saturated rings. The number of nitrogens with two attached hydrogens (primary N) is 1. The van der Waals surface area contributed by atoms with Gasteiger partial charge < -0.3 is 5.73 Å². The number of hydrogen-bond acceptors (Lipinski definition) is 3. The van der Waals surface area contributed by atoms with E-state index in [-0.39, 0.29) is 0 Å². The summed E-state index contributed by atoms with van der Waals surface area (Å²) in [5.41, 5.74) is 7.00. The van der Waals surface area contributed by atoms with Crippen molar-refractivity contribution in [2.24, 2.45) is 11.7 Å². The average molecular weight is 233 g/mol. The SMILES string of the molecule is CC(c1ccncc1)N1CCC(CCN)CC1. The van der Waals surface area contributed by atoms with E-state index in [1.807, 2.05) is 12.4 Å². The minimum Gasteiger partial charge on any atom is -0.330 e. The van der Waals surface area contributed by atoms with Gasteiger partial charge in [0.05, 0.1) is 0 Å². The van der Waals surface area contributed by atoms with Crippen molar-refractivity contribution in [3.63, 3.8) is 0 Å². The van der Waals surface area contributed by atoms with Gasteiger partial charge in [-0.25, -0.2) is 0 Å². The van der Waals surface area contributed by atoms with Crippen LogP contribution in [-0.2, 0) is 0 Å². The monoisotopic (exact) mass is 233 g/mol. The van der Waals surface area contributed by atoms with E-state index in [0.717, 1.165) is 12.5 Å². The molecular formula is C14H23N3. The maximum atomic E-state index is 5.62. The van der Waals surface area contributed by atoms with E-state index in [2.05, 4.69) is 28.9 Å². The summed E-state index contributed by atoms with van der Waals surface area (Å²) in [6.07, 6.45) is 7.55. The molecule has 1 atom stereocenters. The summed E-state index contributed by atoms with van der Waals surface area (Å²) < 4.78 is 0. The molecule has 0 bridgehead atoms. The Hall–Kier alpha value is -0.930. The van der Waals surface area contributed by atoms with E-state index in [4.69, 9.17) is 5.73 Å². The average Bonchev–Trinajstić information content (AvgIpc) is 2.40. The molecule has 2 rings (SSSR count). The van der Waals surface area contributed by atoms with Crippen LogP contribution in [0.4, 0.5) is 0 Å². The summed E-state index contributed by atoms with van der Waals surface area (Å²) >= 11 is 0. The van der Waals surface area contributed by atoms with Crippen molar-refractivity contribution in [3.8, 4) is 0 Å². The van der Waals surface area contributed by atoms with Crippen LogP contribution in [0, 0.1) is 5.92 Å². The molecule has 1 aromatic rings. The molecule has 0 aliphatic carbocycles. The Bertz CT molecular complexity index is 317. The van der Waals surface area contributed by atoms with Crippen LogP contribution in [0.3, 0.4) is 0 Å². The predicted octanol–water partition coefficient (Wildman–Crippen LogP) is 2.20. The lowest BCUT2D eigenvalue weighted by molar-refractivity contribution is 0.138.